The molecule has 1 heterocycles. The highest BCUT2D eigenvalue weighted by Gasteiger charge is 2.41. The summed E-state index contributed by atoms with van der Waals surface area (Å²) in [5, 5.41) is 0. The highest BCUT2D eigenvalue weighted by Crippen LogP contribution is 2.23. The highest BCUT2D eigenvalue weighted by atomic mass is 16.8. The number of ether oxygens (including phenoxy) is 3. The molecule has 5 nitrogen and oxygen atoms in total. The van der Waals surface area contributed by atoms with Crippen LogP contribution < -0.4 is 0 Å². The van der Waals surface area contributed by atoms with Crippen molar-refractivity contribution in [3.8, 4) is 0 Å². The Bertz CT molecular complexity index is 238. The van der Waals surface area contributed by atoms with Crippen LogP contribution in [0.25, 0.3) is 0 Å². The number of rotatable bonds is 7. The van der Waals surface area contributed by atoms with Crippen molar-refractivity contribution in [2.75, 3.05) is 13.2 Å². The smallest absolute Gasteiger partial charge is 0.305 e. The Morgan fingerprint density at radius 3 is 2.73 bits per heavy atom. The Morgan fingerprint density at radius 2 is 2.13 bits per heavy atom. The predicted molar refractivity (Wildman–Crippen MR) is 51.2 cm³/mol. The average molecular weight is 216 g/mol. The number of hydrogen-bond donors (Lipinski definition) is 0. The van der Waals surface area contributed by atoms with Gasteiger partial charge in [-0.25, -0.2) is 0 Å². The summed E-state index contributed by atoms with van der Waals surface area (Å²) in [4.78, 5) is 21.4. The van der Waals surface area contributed by atoms with Crippen LogP contribution in [0.1, 0.15) is 26.7 Å². The molecule has 0 amide bonds. The third-order valence-corrected chi connectivity index (χ3v) is 1.97. The largest absolute Gasteiger partial charge is 0.463 e. The molecule has 86 valence electrons. The highest BCUT2D eigenvalue weighted by molar-refractivity contribution is 5.75. The summed E-state index contributed by atoms with van der Waals surface area (Å²) in [7, 11) is 0. The summed E-state index contributed by atoms with van der Waals surface area (Å²) >= 11 is 0. The molecule has 1 aliphatic rings. The van der Waals surface area contributed by atoms with Gasteiger partial charge in [0, 0.05) is 12.8 Å². The van der Waals surface area contributed by atoms with E-state index in [0.29, 0.717) is 19.4 Å². The summed E-state index contributed by atoms with van der Waals surface area (Å²) in [6.45, 7) is 3.84. The van der Waals surface area contributed by atoms with E-state index in [4.69, 9.17) is 14.2 Å². The number of ketones is 1. The van der Waals surface area contributed by atoms with Crippen molar-refractivity contribution in [1.82, 2.24) is 0 Å². The van der Waals surface area contributed by atoms with Crippen LogP contribution in [-0.4, -0.2) is 37.4 Å². The lowest BCUT2D eigenvalue weighted by Crippen LogP contribution is -2.12. The van der Waals surface area contributed by atoms with E-state index in [1.165, 1.54) is 6.92 Å². The van der Waals surface area contributed by atoms with Crippen LogP contribution in [-0.2, 0) is 23.8 Å². The van der Waals surface area contributed by atoms with Crippen LogP contribution >= 0.6 is 0 Å². The number of carbonyl (C=O) groups is 2. The predicted octanol–water partition coefficient (Wildman–Crippen LogP) is 0.660. The first-order valence-corrected chi connectivity index (χ1v) is 5.05. The number of Topliss-reactive ketones (excluding diaryl/α,β-unsaturated/α-hetero) is 1. The maximum absolute atomic E-state index is 10.8. The van der Waals surface area contributed by atoms with Gasteiger partial charge in [0.2, 0.25) is 0 Å². The molecule has 0 aromatic rings. The molecule has 1 saturated heterocycles. The van der Waals surface area contributed by atoms with E-state index in [1.807, 2.05) is 0 Å². The van der Waals surface area contributed by atoms with Crippen LogP contribution in [0.15, 0.2) is 0 Å². The molecule has 0 aromatic carbocycles. The quantitative estimate of drug-likeness (QED) is 0.462. The van der Waals surface area contributed by atoms with Gasteiger partial charge in [0.25, 0.3) is 0 Å². The topological polar surface area (TPSA) is 65.1 Å². The monoisotopic (exact) mass is 216 g/mol. The fraction of sp³-hybridized carbons (Fsp3) is 0.800. The van der Waals surface area contributed by atoms with Crippen molar-refractivity contribution < 1.29 is 23.8 Å². The minimum Gasteiger partial charge on any atom is -0.463 e. The van der Waals surface area contributed by atoms with Crippen LogP contribution in [0.3, 0.4) is 0 Å². The molecule has 0 aromatic heterocycles. The summed E-state index contributed by atoms with van der Waals surface area (Å²) < 4.78 is 15.2. The van der Waals surface area contributed by atoms with E-state index in [2.05, 4.69) is 0 Å². The second-order valence-corrected chi connectivity index (χ2v) is 3.40. The van der Waals surface area contributed by atoms with Gasteiger partial charge >= 0.3 is 5.97 Å². The van der Waals surface area contributed by atoms with Crippen molar-refractivity contribution in [2.24, 2.45) is 0 Å². The molecule has 1 rings (SSSR count). The maximum Gasteiger partial charge on any atom is 0.305 e. The fourth-order valence-corrected chi connectivity index (χ4v) is 0.987. The van der Waals surface area contributed by atoms with E-state index in [0.717, 1.165) is 0 Å². The second kappa shape index (κ2) is 5.82. The van der Waals surface area contributed by atoms with Gasteiger partial charge < -0.3 is 14.2 Å². The third kappa shape index (κ3) is 4.90. The Labute approximate surface area is 88.7 Å². The van der Waals surface area contributed by atoms with Crippen LogP contribution in [0.5, 0.6) is 0 Å². The molecule has 0 radical (unpaired) electrons. The minimum atomic E-state index is -0.311. The molecule has 5 heteroatoms. The zero-order valence-electron chi connectivity index (χ0n) is 9.02. The number of hydrogen-bond acceptors (Lipinski definition) is 5. The molecule has 2 atom stereocenters. The normalized spacial score (nSPS) is 23.6. The molecule has 15 heavy (non-hydrogen) atoms. The Kier molecular flexibility index (Phi) is 4.71. The van der Waals surface area contributed by atoms with Crippen molar-refractivity contribution >= 4 is 11.8 Å². The maximum atomic E-state index is 10.8. The molecule has 2 unspecified atom stereocenters. The molecule has 0 bridgehead atoms. The lowest BCUT2D eigenvalue weighted by atomic mass is 10.3. The lowest BCUT2D eigenvalue weighted by Gasteiger charge is -1.99. The van der Waals surface area contributed by atoms with Gasteiger partial charge in [0.15, 0.2) is 6.29 Å². The molecule has 0 N–H and O–H groups in total. The molecular formula is C10H16O5. The summed E-state index contributed by atoms with van der Waals surface area (Å²) in [5.41, 5.74) is 0. The van der Waals surface area contributed by atoms with Gasteiger partial charge in [0.05, 0.1) is 6.61 Å². The van der Waals surface area contributed by atoms with Crippen LogP contribution in [0.2, 0.25) is 0 Å². The second-order valence-electron chi connectivity index (χ2n) is 3.40. The first kappa shape index (κ1) is 12.1. The number of esters is 1. The molecule has 1 fully saturated rings. The minimum absolute atomic E-state index is 0.0876. The van der Waals surface area contributed by atoms with E-state index in [-0.39, 0.29) is 30.8 Å². The molecular weight excluding hydrogens is 200 g/mol. The van der Waals surface area contributed by atoms with Crippen molar-refractivity contribution in [2.45, 2.75) is 39.1 Å². The fourth-order valence-electron chi connectivity index (χ4n) is 0.987. The molecule has 0 saturated carbocycles. The first-order valence-electron chi connectivity index (χ1n) is 5.05. The average Bonchev–Trinajstić information content (AvgIpc) is 2.92. The van der Waals surface area contributed by atoms with E-state index >= 15 is 0 Å². The van der Waals surface area contributed by atoms with Gasteiger partial charge in [-0.2, -0.15) is 0 Å². The zero-order chi connectivity index (χ0) is 11.3. The van der Waals surface area contributed by atoms with Crippen LogP contribution in [0, 0.1) is 0 Å². The van der Waals surface area contributed by atoms with Gasteiger partial charge in [0.1, 0.15) is 18.5 Å². The van der Waals surface area contributed by atoms with Crippen molar-refractivity contribution in [3.63, 3.8) is 0 Å². The summed E-state index contributed by atoms with van der Waals surface area (Å²) in [6.07, 6.45) is 0.283. The SMILES string of the molecule is CCC(=O)OCC1OC1OCCC(C)=O. The Hall–Kier alpha value is -0.940. The van der Waals surface area contributed by atoms with Crippen LogP contribution in [0.4, 0.5) is 0 Å². The first-order chi connectivity index (χ1) is 7.13. The van der Waals surface area contributed by atoms with Crippen molar-refractivity contribution in [3.05, 3.63) is 0 Å². The molecule has 0 aliphatic carbocycles. The number of carbonyl (C=O) groups excluding carboxylic acids is 2. The molecule has 1 aliphatic heterocycles. The van der Waals surface area contributed by atoms with Gasteiger partial charge in [-0.05, 0) is 6.92 Å². The summed E-state index contributed by atoms with van der Waals surface area (Å²) in [5.74, 6) is -0.155. The van der Waals surface area contributed by atoms with Gasteiger partial charge in [-0.1, -0.05) is 6.92 Å². The third-order valence-electron chi connectivity index (χ3n) is 1.97. The molecule has 0 spiro atoms. The Morgan fingerprint density at radius 1 is 1.40 bits per heavy atom. The number of epoxide rings is 1. The van der Waals surface area contributed by atoms with E-state index < -0.39 is 0 Å². The standard InChI is InChI=1S/C10H16O5/c1-3-9(12)14-6-8-10(15-8)13-5-4-7(2)11/h8,10H,3-6H2,1-2H3. The summed E-state index contributed by atoms with van der Waals surface area (Å²) in [6, 6.07) is 0. The lowest BCUT2D eigenvalue weighted by molar-refractivity contribution is -0.143. The van der Waals surface area contributed by atoms with Gasteiger partial charge in [-0.15, -0.1) is 0 Å². The zero-order valence-corrected chi connectivity index (χ0v) is 9.02. The van der Waals surface area contributed by atoms with E-state index in [9.17, 15) is 9.59 Å². The Balaban J connectivity index is 1.98. The van der Waals surface area contributed by atoms with E-state index in [1.54, 1.807) is 6.92 Å². The van der Waals surface area contributed by atoms with Gasteiger partial charge in [-0.3, -0.25) is 9.59 Å². The van der Waals surface area contributed by atoms with Crippen molar-refractivity contribution in [1.29, 1.82) is 0 Å².